The van der Waals surface area contributed by atoms with Gasteiger partial charge in [-0.15, -0.1) is 0 Å². The number of aromatic carboxylic acids is 2. The van der Waals surface area contributed by atoms with E-state index in [2.05, 4.69) is 31.9 Å². The minimum atomic E-state index is -1.36. The van der Waals surface area contributed by atoms with Crippen molar-refractivity contribution in [2.24, 2.45) is 11.5 Å². The molecular weight excluding hydrogens is 1350 g/mol. The first kappa shape index (κ1) is 75.2. The Morgan fingerprint density at radius 1 is 0.269 bits per heavy atom. The Kier molecular flexibility index (Phi) is 27.5. The third-order valence-corrected chi connectivity index (χ3v) is 20.9. The smallest absolute Gasteiger partial charge is 0.335 e. The van der Waals surface area contributed by atoms with Crippen molar-refractivity contribution in [1.82, 2.24) is 31.9 Å². The second-order valence-corrected chi connectivity index (χ2v) is 27.9. The van der Waals surface area contributed by atoms with E-state index < -0.39 is 94.1 Å². The number of hydrogen-bond donors (Lipinski definition) is 10. The molecule has 0 spiro atoms. The van der Waals surface area contributed by atoms with Crippen LogP contribution >= 0.6 is 21.6 Å². The minimum absolute atomic E-state index is 0.0150. The zero-order valence-corrected chi connectivity index (χ0v) is 58.6. The number of nitrogens with one attached hydrogen (secondary N) is 6. The molecule has 10 aromatic carbocycles. The van der Waals surface area contributed by atoms with E-state index in [1.807, 2.05) is 231 Å². The van der Waals surface area contributed by atoms with Crippen molar-refractivity contribution in [1.29, 1.82) is 0 Å². The van der Waals surface area contributed by atoms with Gasteiger partial charge in [-0.3, -0.25) is 28.8 Å². The van der Waals surface area contributed by atoms with Gasteiger partial charge in [0.05, 0.1) is 11.1 Å². The Bertz CT molecular complexity index is 4170. The second-order valence-electron chi connectivity index (χ2n) is 25.3. The molecule has 104 heavy (non-hydrogen) atoms. The second kappa shape index (κ2) is 38.0. The molecule has 0 saturated carbocycles. The predicted octanol–water partition coefficient (Wildman–Crippen LogP) is 10.5. The monoisotopic (exact) mass is 1430 g/mol. The average molecular weight is 1430 g/mol. The molecule has 18 nitrogen and oxygen atoms in total. The van der Waals surface area contributed by atoms with E-state index in [9.17, 15) is 29.4 Å². The maximum Gasteiger partial charge on any atom is 0.335 e. The van der Waals surface area contributed by atoms with Crippen LogP contribution in [0, 0.1) is 0 Å². The van der Waals surface area contributed by atoms with Gasteiger partial charge < -0.3 is 53.6 Å². The molecule has 0 aromatic heterocycles. The van der Waals surface area contributed by atoms with E-state index in [0.717, 1.165) is 66.1 Å². The fourth-order valence-corrected chi connectivity index (χ4v) is 15.0. The van der Waals surface area contributed by atoms with Gasteiger partial charge in [-0.25, -0.2) is 9.59 Å². The normalized spacial score (nSPS) is 13.4. The fraction of sp³-hybridized carbons (Fsp3) is 0.190. The van der Waals surface area contributed by atoms with Gasteiger partial charge in [-0.05, 0) is 104 Å². The molecule has 10 aromatic rings. The van der Waals surface area contributed by atoms with Crippen LogP contribution in [0.2, 0.25) is 0 Å². The van der Waals surface area contributed by atoms with Crippen LogP contribution in [-0.4, -0.2) is 104 Å². The topological polar surface area (TPSA) is 301 Å². The van der Waals surface area contributed by atoms with Crippen LogP contribution in [0.1, 0.15) is 65.2 Å². The average Bonchev–Trinajstić information content (AvgIpc) is 0.833. The minimum Gasteiger partial charge on any atom is -0.478 e. The van der Waals surface area contributed by atoms with Crippen LogP contribution < -0.4 is 43.4 Å². The number of carboxylic acids is 2. The van der Waals surface area contributed by atoms with Crippen LogP contribution in [0.4, 0.5) is 0 Å². The summed E-state index contributed by atoms with van der Waals surface area (Å²) in [5.41, 5.74) is 23.8. The Balaban J connectivity index is 0.994. The van der Waals surface area contributed by atoms with Gasteiger partial charge in [0.2, 0.25) is 35.4 Å². The first-order valence-corrected chi connectivity index (χ1v) is 36.4. The standard InChI is InChI=1S/C84H82N8O10S2/c85-69(47-57-35-43-67(44-36-57)83(99)100)75(81(97)91-73(51-59-31-39-65(40-32-59)63-27-15-5-16-28-63)79(95)89-71(49-55-19-7-1-8-20-55)77(93)87-53-61-23-11-3-12-24-61)103-104-76(70(86)48-58-37-45-68(46-38-58)84(101)102)82(98)92-74(52-60-33-41-66(42-34-60)64-29-17-6-18-30-64)80(96)90-72(50-56-21-9-2-10-22-56)78(94)88-54-62-25-13-4-14-26-62/h1-46,69-76H,47-54,85-86H2,(H,87,93)(H,88,94)(H,89,95)(H,90,96)(H,91,97)(H,92,98)(H,99,100)(H,101,102)/t69-,70-,71-,72-,73-,74-,75-,76-/m0/s1. The van der Waals surface area contributed by atoms with Crippen molar-refractivity contribution in [3.05, 3.63) is 335 Å². The Morgan fingerprint density at radius 3 is 0.798 bits per heavy atom. The van der Waals surface area contributed by atoms with Crippen molar-refractivity contribution in [2.45, 2.75) is 98.4 Å². The van der Waals surface area contributed by atoms with Crippen molar-refractivity contribution in [2.75, 3.05) is 0 Å². The molecule has 0 saturated heterocycles. The van der Waals surface area contributed by atoms with Crippen molar-refractivity contribution >= 4 is 69.0 Å². The maximum atomic E-state index is 15.7. The largest absolute Gasteiger partial charge is 0.478 e. The highest BCUT2D eigenvalue weighted by molar-refractivity contribution is 8.77. The van der Waals surface area contributed by atoms with E-state index in [-0.39, 0.29) is 62.7 Å². The highest BCUT2D eigenvalue weighted by Gasteiger charge is 2.38. The van der Waals surface area contributed by atoms with Crippen LogP contribution in [0.3, 0.4) is 0 Å². The molecule has 8 atom stereocenters. The van der Waals surface area contributed by atoms with Crippen LogP contribution in [0.25, 0.3) is 22.3 Å². The zero-order valence-electron chi connectivity index (χ0n) is 57.0. The molecule has 0 radical (unpaired) electrons. The molecule has 20 heteroatoms. The molecule has 530 valence electrons. The summed E-state index contributed by atoms with van der Waals surface area (Å²) in [6.45, 7) is 0.338. The van der Waals surface area contributed by atoms with Gasteiger partial charge in [0.25, 0.3) is 0 Å². The maximum absolute atomic E-state index is 15.7. The molecule has 0 bridgehead atoms. The molecule has 0 aliphatic carbocycles. The Hall–Kier alpha value is -11.4. The van der Waals surface area contributed by atoms with Crippen LogP contribution in [-0.2, 0) is 80.4 Å². The summed E-state index contributed by atoms with van der Waals surface area (Å²) in [4.78, 5) is 115. The van der Waals surface area contributed by atoms with Gasteiger partial charge in [-0.1, -0.05) is 276 Å². The Morgan fingerprint density at radius 2 is 0.500 bits per heavy atom. The van der Waals surface area contributed by atoms with E-state index in [1.54, 1.807) is 24.3 Å². The van der Waals surface area contributed by atoms with Gasteiger partial charge in [0, 0.05) is 50.9 Å². The summed E-state index contributed by atoms with van der Waals surface area (Å²) in [5.74, 6) is -6.12. The van der Waals surface area contributed by atoms with Gasteiger partial charge in [0.1, 0.15) is 34.7 Å². The summed E-state index contributed by atoms with van der Waals surface area (Å²) in [6, 6.07) is 76.3. The number of carboxylic acid groups (broad SMARTS) is 2. The third-order valence-electron chi connectivity index (χ3n) is 17.6. The number of carbonyl (C=O) groups excluding carboxylic acids is 6. The van der Waals surface area contributed by atoms with E-state index >= 15 is 19.2 Å². The lowest BCUT2D eigenvalue weighted by molar-refractivity contribution is -0.132. The number of amides is 6. The lowest BCUT2D eigenvalue weighted by Crippen LogP contribution is -2.57. The molecule has 10 rings (SSSR count). The SMILES string of the molecule is N[C@@H](Cc1ccc(C(=O)O)cc1)[C@H](SS[C@H](C(=O)N[C@@H](Cc1ccc(-c2ccccc2)cc1)C(=O)N[C@@H](Cc1ccccc1)C(=O)NCc1ccccc1)[C@@H](N)Cc1ccc(C(=O)O)cc1)C(=O)N[C@@H](Cc1ccc(-c2ccccc2)cc1)C(=O)N[C@@H](Cc1ccccc1)C(=O)NCc1ccccc1. The summed E-state index contributed by atoms with van der Waals surface area (Å²) in [6.07, 6.45) is 0.0180. The summed E-state index contributed by atoms with van der Waals surface area (Å²) in [5, 5.41) is 34.9. The van der Waals surface area contributed by atoms with Gasteiger partial charge in [0.15, 0.2) is 0 Å². The van der Waals surface area contributed by atoms with Crippen LogP contribution in [0.15, 0.2) is 279 Å². The number of rotatable bonds is 35. The number of benzene rings is 10. The quantitative estimate of drug-likeness (QED) is 0.0165. The van der Waals surface area contributed by atoms with Crippen molar-refractivity contribution in [3.63, 3.8) is 0 Å². The highest BCUT2D eigenvalue weighted by Crippen LogP contribution is 2.36. The summed E-state index contributed by atoms with van der Waals surface area (Å²) >= 11 is 0. The van der Waals surface area contributed by atoms with Crippen molar-refractivity contribution in [3.8, 4) is 22.3 Å². The molecular formula is C84H82N8O10S2. The lowest BCUT2D eigenvalue weighted by atomic mass is 9.98. The lowest BCUT2D eigenvalue weighted by Gasteiger charge is -2.30. The predicted molar refractivity (Wildman–Crippen MR) is 409 cm³/mol. The number of carbonyl (C=O) groups is 8. The molecule has 0 aliphatic rings. The van der Waals surface area contributed by atoms with Crippen LogP contribution in [0.5, 0.6) is 0 Å². The third kappa shape index (κ3) is 22.5. The first-order valence-electron chi connectivity index (χ1n) is 34.2. The van der Waals surface area contributed by atoms with Gasteiger partial charge in [-0.2, -0.15) is 0 Å². The number of hydrogen-bond acceptors (Lipinski definition) is 12. The molecule has 0 heterocycles. The molecule has 6 amide bonds. The number of nitrogens with two attached hydrogens (primary N) is 2. The van der Waals surface area contributed by atoms with Crippen molar-refractivity contribution < 1.29 is 48.6 Å². The molecule has 12 N–H and O–H groups in total. The van der Waals surface area contributed by atoms with Gasteiger partial charge >= 0.3 is 11.9 Å². The van der Waals surface area contributed by atoms with E-state index in [4.69, 9.17) is 11.5 Å². The molecule has 0 aliphatic heterocycles. The first-order chi connectivity index (χ1) is 50.5. The molecule has 0 unspecified atom stereocenters. The Labute approximate surface area is 612 Å². The molecule has 0 fully saturated rings. The summed E-state index contributed by atoms with van der Waals surface area (Å²) in [7, 11) is 1.81. The zero-order chi connectivity index (χ0) is 73.2. The highest BCUT2D eigenvalue weighted by atomic mass is 33.1. The van der Waals surface area contributed by atoms with E-state index in [0.29, 0.717) is 22.3 Å². The fourth-order valence-electron chi connectivity index (χ4n) is 11.9. The van der Waals surface area contributed by atoms with E-state index in [1.165, 1.54) is 24.3 Å². The summed E-state index contributed by atoms with van der Waals surface area (Å²) < 4.78 is 0.